The molecule has 0 N–H and O–H groups in total. The first-order valence-electron chi connectivity index (χ1n) is 16.8. The van der Waals surface area contributed by atoms with E-state index in [9.17, 15) is 19.2 Å². The first-order chi connectivity index (χ1) is 25.6. The van der Waals surface area contributed by atoms with Crippen LogP contribution in [0.4, 0.5) is 0 Å². The highest BCUT2D eigenvalue weighted by atomic mass is 32.1. The van der Waals surface area contributed by atoms with Gasteiger partial charge in [0.15, 0.2) is 34.4 Å². The number of ether oxygens (including phenoxy) is 7. The fourth-order valence-electron chi connectivity index (χ4n) is 5.54. The molecule has 2 heterocycles. The Hall–Kier alpha value is -5.89. The van der Waals surface area contributed by atoms with Gasteiger partial charge in [-0.3, -0.25) is 9.36 Å². The third-order valence-electron chi connectivity index (χ3n) is 8.02. The minimum atomic E-state index is -0.905. The van der Waals surface area contributed by atoms with Gasteiger partial charge in [-0.15, -0.1) is 0 Å². The highest BCUT2D eigenvalue weighted by Gasteiger charge is 2.34. The lowest BCUT2D eigenvalue weighted by atomic mass is 9.95. The number of nitrogens with zero attached hydrogens (tertiary/aromatic N) is 2. The minimum Gasteiger partial charge on any atom is -0.493 e. The van der Waals surface area contributed by atoms with Crippen LogP contribution in [0.1, 0.15) is 60.8 Å². The molecule has 0 aliphatic carbocycles. The molecule has 53 heavy (non-hydrogen) atoms. The maximum atomic E-state index is 14.2. The molecule has 1 aliphatic rings. The average Bonchev–Trinajstić information content (AvgIpc) is 3.46. The zero-order valence-corrected chi connectivity index (χ0v) is 31.1. The molecule has 4 aromatic rings. The van der Waals surface area contributed by atoms with Crippen molar-refractivity contribution in [2.45, 2.75) is 40.3 Å². The molecule has 5 rings (SSSR count). The van der Waals surface area contributed by atoms with Crippen LogP contribution in [0.3, 0.4) is 0 Å². The maximum Gasteiger partial charge on any atom is 0.343 e. The SMILES string of the molecule is CCOC(=O)C1=C(C)N=c2s/c(=C/c3ccc(OCc4ccc(C(=O)OCC)cc4)c(OC)c3)c(=O)n2[C@@H]1c1ccc(OCC(=O)OC)c(OCC)c1. The van der Waals surface area contributed by atoms with Gasteiger partial charge in [-0.2, -0.15) is 0 Å². The molecular weight excluding hydrogens is 704 g/mol. The van der Waals surface area contributed by atoms with Crippen molar-refractivity contribution >= 4 is 35.3 Å². The van der Waals surface area contributed by atoms with Crippen LogP contribution in [0.25, 0.3) is 6.08 Å². The van der Waals surface area contributed by atoms with E-state index in [2.05, 4.69) is 9.73 Å². The van der Waals surface area contributed by atoms with E-state index in [-0.39, 0.29) is 43.5 Å². The zero-order valence-electron chi connectivity index (χ0n) is 30.3. The summed E-state index contributed by atoms with van der Waals surface area (Å²) in [5, 5.41) is 0. The summed E-state index contributed by atoms with van der Waals surface area (Å²) in [6.07, 6.45) is 1.72. The second-order valence-electron chi connectivity index (χ2n) is 11.4. The predicted molar refractivity (Wildman–Crippen MR) is 195 cm³/mol. The summed E-state index contributed by atoms with van der Waals surface area (Å²) in [5.41, 5.74) is 2.75. The summed E-state index contributed by atoms with van der Waals surface area (Å²) >= 11 is 1.18. The van der Waals surface area contributed by atoms with Crippen LogP contribution in [0.5, 0.6) is 23.0 Å². The molecule has 13 nitrogen and oxygen atoms in total. The average molecular weight is 745 g/mol. The lowest BCUT2D eigenvalue weighted by molar-refractivity contribution is -0.143. The lowest BCUT2D eigenvalue weighted by Crippen LogP contribution is -2.40. The second-order valence-corrected chi connectivity index (χ2v) is 12.4. The molecule has 0 radical (unpaired) electrons. The van der Waals surface area contributed by atoms with Gasteiger partial charge < -0.3 is 33.2 Å². The summed E-state index contributed by atoms with van der Waals surface area (Å²) in [7, 11) is 2.79. The highest BCUT2D eigenvalue weighted by molar-refractivity contribution is 7.07. The topological polar surface area (TPSA) is 150 Å². The van der Waals surface area contributed by atoms with E-state index in [1.165, 1.54) is 30.1 Å². The summed E-state index contributed by atoms with van der Waals surface area (Å²) in [5.74, 6) is -0.0104. The molecule has 0 amide bonds. The van der Waals surface area contributed by atoms with E-state index in [1.54, 1.807) is 94.4 Å². The van der Waals surface area contributed by atoms with Crippen molar-refractivity contribution < 1.29 is 47.5 Å². The van der Waals surface area contributed by atoms with E-state index in [4.69, 9.17) is 28.4 Å². The molecular formula is C39H40N2O11S. The Balaban J connectivity index is 1.49. The van der Waals surface area contributed by atoms with Crippen molar-refractivity contribution in [3.05, 3.63) is 114 Å². The Morgan fingerprint density at radius 1 is 0.811 bits per heavy atom. The molecule has 0 spiro atoms. The Morgan fingerprint density at radius 3 is 2.19 bits per heavy atom. The molecule has 3 aromatic carbocycles. The van der Waals surface area contributed by atoms with Gasteiger partial charge in [0.05, 0.1) is 61.4 Å². The highest BCUT2D eigenvalue weighted by Crippen LogP contribution is 2.36. The standard InChI is InChI=1S/C39H40N2O11S/c1-7-48-31-20-27(15-17-29(31)52-22-33(42)47-6)35-34(38(45)50-9-3)23(4)40-39-41(35)36(43)32(53-39)19-25-12-16-28(30(18-25)46-5)51-21-24-10-13-26(14-11-24)37(44)49-8-2/h10-20,35H,7-9,21-22H2,1-6H3/b32-19+/t35-/m1/s1. The molecule has 278 valence electrons. The monoisotopic (exact) mass is 744 g/mol. The van der Waals surface area contributed by atoms with E-state index >= 15 is 0 Å². The number of hydrogen-bond donors (Lipinski definition) is 0. The van der Waals surface area contributed by atoms with Gasteiger partial charge in [0, 0.05) is 0 Å². The van der Waals surface area contributed by atoms with Crippen LogP contribution in [-0.4, -0.2) is 63.1 Å². The van der Waals surface area contributed by atoms with Gasteiger partial charge in [0.2, 0.25) is 0 Å². The van der Waals surface area contributed by atoms with Gasteiger partial charge in [0.1, 0.15) is 6.61 Å². The number of carbonyl (C=O) groups excluding carboxylic acids is 3. The fourth-order valence-corrected chi connectivity index (χ4v) is 6.59. The third-order valence-corrected chi connectivity index (χ3v) is 9.00. The molecule has 0 saturated carbocycles. The zero-order chi connectivity index (χ0) is 38.1. The quantitative estimate of drug-likeness (QED) is 0.125. The first kappa shape index (κ1) is 38.3. The number of thiazole rings is 1. The van der Waals surface area contributed by atoms with Crippen molar-refractivity contribution in [2.75, 3.05) is 40.6 Å². The van der Waals surface area contributed by atoms with E-state index in [0.29, 0.717) is 61.3 Å². The van der Waals surface area contributed by atoms with Crippen LogP contribution in [0.15, 0.2) is 81.7 Å². The number of fused-ring (bicyclic) bond motifs is 1. The van der Waals surface area contributed by atoms with Crippen molar-refractivity contribution in [1.82, 2.24) is 4.57 Å². The van der Waals surface area contributed by atoms with Crippen LogP contribution in [0, 0.1) is 0 Å². The summed E-state index contributed by atoms with van der Waals surface area (Å²) in [6, 6.07) is 16.3. The molecule has 0 unspecified atom stereocenters. The van der Waals surface area contributed by atoms with Crippen molar-refractivity contribution in [3.63, 3.8) is 0 Å². The number of carbonyl (C=O) groups is 3. The van der Waals surface area contributed by atoms with E-state index in [1.807, 2.05) is 0 Å². The van der Waals surface area contributed by atoms with E-state index < -0.39 is 18.0 Å². The summed E-state index contributed by atoms with van der Waals surface area (Å²) < 4.78 is 40.1. The molecule has 0 bridgehead atoms. The first-order valence-corrected chi connectivity index (χ1v) is 17.7. The second kappa shape index (κ2) is 17.6. The van der Waals surface area contributed by atoms with E-state index in [0.717, 1.165) is 5.56 Å². The molecule has 14 heteroatoms. The van der Waals surface area contributed by atoms with Crippen LogP contribution in [-0.2, 0) is 30.4 Å². The largest absolute Gasteiger partial charge is 0.493 e. The van der Waals surface area contributed by atoms with Crippen LogP contribution < -0.4 is 33.8 Å². The van der Waals surface area contributed by atoms with Gasteiger partial charge in [-0.25, -0.2) is 19.4 Å². The lowest BCUT2D eigenvalue weighted by Gasteiger charge is -2.25. The number of hydrogen-bond acceptors (Lipinski definition) is 13. The Morgan fingerprint density at radius 2 is 1.51 bits per heavy atom. The number of aromatic nitrogens is 1. The Kier molecular flexibility index (Phi) is 12.7. The Labute approximate surface area is 309 Å². The van der Waals surface area contributed by atoms with Crippen molar-refractivity contribution in [3.8, 4) is 23.0 Å². The molecule has 1 atom stereocenters. The van der Waals surface area contributed by atoms with Crippen LogP contribution in [0.2, 0.25) is 0 Å². The smallest absolute Gasteiger partial charge is 0.343 e. The minimum absolute atomic E-state index is 0.126. The Bertz CT molecular complexity index is 2200. The maximum absolute atomic E-state index is 14.2. The number of methoxy groups -OCH3 is 2. The van der Waals surface area contributed by atoms with Crippen molar-refractivity contribution in [1.29, 1.82) is 0 Å². The summed E-state index contributed by atoms with van der Waals surface area (Å²) in [6.45, 7) is 7.56. The predicted octanol–water partition coefficient (Wildman–Crippen LogP) is 4.51. The molecule has 1 aromatic heterocycles. The van der Waals surface area contributed by atoms with Crippen molar-refractivity contribution in [2.24, 2.45) is 4.99 Å². The number of esters is 3. The molecule has 0 fully saturated rings. The number of rotatable bonds is 15. The molecule has 1 aliphatic heterocycles. The number of allylic oxidation sites excluding steroid dienone is 1. The van der Waals surface area contributed by atoms with Gasteiger partial charge in [0.25, 0.3) is 5.56 Å². The van der Waals surface area contributed by atoms with Crippen LogP contribution >= 0.6 is 11.3 Å². The normalized spacial score (nSPS) is 13.8. The summed E-state index contributed by atoms with van der Waals surface area (Å²) in [4.78, 5) is 56.4. The van der Waals surface area contributed by atoms with Gasteiger partial charge in [-0.05, 0) is 86.9 Å². The molecule has 0 saturated heterocycles. The van der Waals surface area contributed by atoms with Gasteiger partial charge in [-0.1, -0.05) is 35.6 Å². The number of benzene rings is 3. The van der Waals surface area contributed by atoms with Gasteiger partial charge >= 0.3 is 17.9 Å². The fraction of sp³-hybridized carbons (Fsp3) is 0.308. The third kappa shape index (κ3) is 8.78.